The molecule has 1 aromatic heterocycles. The first kappa shape index (κ1) is 24.4. The van der Waals surface area contributed by atoms with Gasteiger partial charge in [0.1, 0.15) is 12.4 Å². The molecule has 0 fully saturated rings. The second-order valence-electron chi connectivity index (χ2n) is 8.37. The summed E-state index contributed by atoms with van der Waals surface area (Å²) in [4.78, 5) is 34.1. The van der Waals surface area contributed by atoms with Crippen molar-refractivity contribution in [3.8, 4) is 29.4 Å². The fourth-order valence-corrected chi connectivity index (χ4v) is 3.70. The Kier molecular flexibility index (Phi) is 7.26. The van der Waals surface area contributed by atoms with E-state index < -0.39 is 11.9 Å². The lowest BCUT2D eigenvalue weighted by atomic mass is 9.99. The number of methoxy groups -OCH3 is 1. The molecule has 1 amide bonds. The van der Waals surface area contributed by atoms with Gasteiger partial charge in [-0.2, -0.15) is 0 Å². The largest absolute Gasteiger partial charge is 0.481 e. The van der Waals surface area contributed by atoms with Crippen LogP contribution in [0.4, 0.5) is 5.69 Å². The summed E-state index contributed by atoms with van der Waals surface area (Å²) in [7, 11) is 1.30. The van der Waals surface area contributed by atoms with Crippen molar-refractivity contribution in [1.29, 1.82) is 0 Å². The third-order valence-electron chi connectivity index (χ3n) is 5.58. The van der Waals surface area contributed by atoms with Gasteiger partial charge in [0.25, 0.3) is 5.91 Å². The first-order valence-electron chi connectivity index (χ1n) is 11.4. The number of nitrogens with zero attached hydrogens (tertiary/aromatic N) is 2. The van der Waals surface area contributed by atoms with E-state index in [-0.39, 0.29) is 12.4 Å². The zero-order valence-corrected chi connectivity index (χ0v) is 20.2. The number of amides is 1. The molecule has 4 aromatic rings. The summed E-state index contributed by atoms with van der Waals surface area (Å²) in [6.45, 7) is 4.39. The number of aromatic nitrogens is 2. The van der Waals surface area contributed by atoms with Crippen molar-refractivity contribution in [2.75, 3.05) is 19.0 Å². The Hall–Kier alpha value is -4.70. The van der Waals surface area contributed by atoms with E-state index in [2.05, 4.69) is 35.1 Å². The molecule has 180 valence electrons. The van der Waals surface area contributed by atoms with E-state index in [1.54, 1.807) is 30.3 Å². The van der Waals surface area contributed by atoms with Gasteiger partial charge in [-0.05, 0) is 47.9 Å². The van der Waals surface area contributed by atoms with Gasteiger partial charge in [-0.25, -0.2) is 14.8 Å². The Morgan fingerprint density at radius 1 is 1.03 bits per heavy atom. The van der Waals surface area contributed by atoms with Crippen molar-refractivity contribution in [3.05, 3.63) is 83.7 Å². The summed E-state index contributed by atoms with van der Waals surface area (Å²) >= 11 is 0. The zero-order valence-electron chi connectivity index (χ0n) is 20.2. The standard InChI is InChI=1S/C29H25N3O4/c1-5-15-36-23-13-14-25-24(17-23)26(20-11-9-19(10-12-20)18(2)3)32-27(31-25)28(33)30-22-8-6-7-21(16-22)29(34)35-4/h1,6-14,16-18H,15H2,2-4H3,(H,30,33). The van der Waals surface area contributed by atoms with Crippen LogP contribution in [-0.2, 0) is 4.74 Å². The van der Waals surface area contributed by atoms with Gasteiger partial charge in [0, 0.05) is 16.6 Å². The number of ether oxygens (including phenoxy) is 2. The molecular formula is C29H25N3O4. The third kappa shape index (κ3) is 5.34. The average Bonchev–Trinajstić information content (AvgIpc) is 2.90. The van der Waals surface area contributed by atoms with Gasteiger partial charge >= 0.3 is 5.97 Å². The maximum absolute atomic E-state index is 13.1. The SMILES string of the molecule is C#CCOc1ccc2nc(C(=O)Nc3cccc(C(=O)OC)c3)nc(-c3ccc(C(C)C)cc3)c2c1. The summed E-state index contributed by atoms with van der Waals surface area (Å²) < 4.78 is 10.3. The molecule has 0 spiro atoms. The monoisotopic (exact) mass is 479 g/mol. The minimum atomic E-state index is -0.508. The van der Waals surface area contributed by atoms with E-state index in [0.29, 0.717) is 34.1 Å². The summed E-state index contributed by atoms with van der Waals surface area (Å²) in [6, 6.07) is 19.9. The Bertz CT molecular complexity index is 1470. The summed E-state index contributed by atoms with van der Waals surface area (Å²) in [5, 5.41) is 3.49. The summed E-state index contributed by atoms with van der Waals surface area (Å²) in [5.74, 6) is 2.41. The second-order valence-corrected chi connectivity index (χ2v) is 8.37. The number of carbonyl (C=O) groups excluding carboxylic acids is 2. The van der Waals surface area contributed by atoms with Crippen molar-refractivity contribution >= 4 is 28.5 Å². The van der Waals surface area contributed by atoms with Gasteiger partial charge in [-0.3, -0.25) is 4.79 Å². The predicted octanol–water partition coefficient (Wildman–Crippen LogP) is 5.47. The van der Waals surface area contributed by atoms with E-state index in [9.17, 15) is 9.59 Å². The van der Waals surface area contributed by atoms with Gasteiger partial charge in [0.05, 0.1) is 23.9 Å². The highest BCUT2D eigenvalue weighted by atomic mass is 16.5. The molecule has 0 aliphatic carbocycles. The number of terminal acetylenes is 1. The van der Waals surface area contributed by atoms with Gasteiger partial charge in [-0.15, -0.1) is 6.42 Å². The first-order valence-corrected chi connectivity index (χ1v) is 11.4. The van der Waals surface area contributed by atoms with Gasteiger partial charge in [0.15, 0.2) is 0 Å². The Morgan fingerprint density at radius 3 is 2.50 bits per heavy atom. The summed E-state index contributed by atoms with van der Waals surface area (Å²) in [5.41, 5.74) is 3.94. The maximum Gasteiger partial charge on any atom is 0.337 e. The molecule has 0 radical (unpaired) electrons. The van der Waals surface area contributed by atoms with Crippen molar-refractivity contribution < 1.29 is 19.1 Å². The van der Waals surface area contributed by atoms with Gasteiger partial charge in [0.2, 0.25) is 5.82 Å². The number of rotatable bonds is 7. The average molecular weight is 480 g/mol. The number of anilines is 1. The number of hydrogen-bond donors (Lipinski definition) is 1. The van der Waals surface area contributed by atoms with E-state index in [1.807, 2.05) is 30.3 Å². The zero-order chi connectivity index (χ0) is 25.7. The lowest BCUT2D eigenvalue weighted by Gasteiger charge is -2.12. The Morgan fingerprint density at radius 2 is 1.81 bits per heavy atom. The van der Waals surface area contributed by atoms with Crippen molar-refractivity contribution in [2.45, 2.75) is 19.8 Å². The minimum Gasteiger partial charge on any atom is -0.481 e. The molecule has 3 aromatic carbocycles. The van der Waals surface area contributed by atoms with Crippen LogP contribution in [0.15, 0.2) is 66.7 Å². The van der Waals surface area contributed by atoms with E-state index in [0.717, 1.165) is 10.9 Å². The third-order valence-corrected chi connectivity index (χ3v) is 5.58. The number of carbonyl (C=O) groups is 2. The van der Waals surface area contributed by atoms with Gasteiger partial charge in [-0.1, -0.05) is 50.1 Å². The maximum atomic E-state index is 13.1. The number of benzene rings is 3. The van der Waals surface area contributed by atoms with Crippen molar-refractivity contribution in [3.63, 3.8) is 0 Å². The molecular weight excluding hydrogens is 454 g/mol. The van der Waals surface area contributed by atoms with Crippen molar-refractivity contribution in [1.82, 2.24) is 9.97 Å². The first-order chi connectivity index (χ1) is 17.4. The number of hydrogen-bond acceptors (Lipinski definition) is 6. The number of fused-ring (bicyclic) bond motifs is 1. The summed E-state index contributed by atoms with van der Waals surface area (Å²) in [6.07, 6.45) is 5.33. The van der Waals surface area contributed by atoms with Crippen molar-refractivity contribution in [2.24, 2.45) is 0 Å². The smallest absolute Gasteiger partial charge is 0.337 e. The normalized spacial score (nSPS) is 10.6. The van der Waals surface area contributed by atoms with E-state index in [4.69, 9.17) is 15.9 Å². The highest BCUT2D eigenvalue weighted by Gasteiger charge is 2.17. The molecule has 1 heterocycles. The second kappa shape index (κ2) is 10.7. The Labute approximate surface area is 209 Å². The Balaban J connectivity index is 1.76. The van der Waals surface area contributed by atoms with Crippen LogP contribution in [0.25, 0.3) is 22.2 Å². The number of nitrogens with one attached hydrogen (secondary N) is 1. The quantitative estimate of drug-likeness (QED) is 0.279. The molecule has 0 unspecified atom stereocenters. The highest BCUT2D eigenvalue weighted by molar-refractivity contribution is 6.05. The molecule has 0 bridgehead atoms. The molecule has 0 saturated carbocycles. The highest BCUT2D eigenvalue weighted by Crippen LogP contribution is 2.30. The van der Waals surface area contributed by atoms with E-state index >= 15 is 0 Å². The molecule has 1 N–H and O–H groups in total. The number of esters is 1. The molecule has 0 atom stereocenters. The van der Waals surface area contributed by atoms with Crippen LogP contribution in [0.5, 0.6) is 5.75 Å². The van der Waals surface area contributed by atoms with Crippen LogP contribution in [0.3, 0.4) is 0 Å². The predicted molar refractivity (Wildman–Crippen MR) is 139 cm³/mol. The molecule has 0 saturated heterocycles. The molecule has 7 heteroatoms. The van der Waals surface area contributed by atoms with Crippen LogP contribution in [-0.4, -0.2) is 35.6 Å². The molecule has 4 rings (SSSR count). The molecule has 36 heavy (non-hydrogen) atoms. The van der Waals surface area contributed by atoms with Gasteiger partial charge < -0.3 is 14.8 Å². The molecule has 0 aliphatic heterocycles. The topological polar surface area (TPSA) is 90.4 Å². The van der Waals surface area contributed by atoms with Crippen LogP contribution in [0.1, 0.15) is 46.3 Å². The molecule has 0 aliphatic rings. The fourth-order valence-electron chi connectivity index (χ4n) is 3.70. The fraction of sp³-hybridized carbons (Fsp3) is 0.172. The molecule has 7 nitrogen and oxygen atoms in total. The van der Waals surface area contributed by atoms with Crippen LogP contribution >= 0.6 is 0 Å². The van der Waals surface area contributed by atoms with Crippen LogP contribution in [0.2, 0.25) is 0 Å². The minimum absolute atomic E-state index is 0.00815. The lowest BCUT2D eigenvalue weighted by Crippen LogP contribution is -2.16. The van der Waals surface area contributed by atoms with Crippen LogP contribution < -0.4 is 10.1 Å². The lowest BCUT2D eigenvalue weighted by molar-refractivity contribution is 0.0600. The van der Waals surface area contributed by atoms with Crippen LogP contribution in [0, 0.1) is 12.3 Å². The van der Waals surface area contributed by atoms with E-state index in [1.165, 1.54) is 18.7 Å².